The van der Waals surface area contributed by atoms with Gasteiger partial charge in [-0.05, 0) is 31.2 Å². The topological polar surface area (TPSA) is 20.3 Å². The number of aryl methyl sites for hydroxylation is 1. The molecule has 2 aromatic carbocycles. The van der Waals surface area contributed by atoms with E-state index >= 15 is 0 Å². The molecule has 1 aliphatic heterocycles. The van der Waals surface area contributed by atoms with Gasteiger partial charge in [0.05, 0.1) is 10.6 Å². The maximum absolute atomic E-state index is 13.7. The maximum Gasteiger partial charge on any atom is 0.270 e. The number of carbonyl (C=O) groups is 1. The fourth-order valence-corrected chi connectivity index (χ4v) is 3.41. The minimum Gasteiger partial charge on any atom is -0.268 e. The number of carbonyl (C=O) groups excluding carboxylic acids is 1. The van der Waals surface area contributed by atoms with E-state index in [4.69, 9.17) is 12.2 Å². The summed E-state index contributed by atoms with van der Waals surface area (Å²) in [7, 11) is 0. The molecule has 110 valence electrons. The Hall–Kier alpha value is -1.98. The number of halogens is 1. The SMILES string of the molecule is Cc1ccc(N2C(=O)/C(=C\c3ccccc3F)SC2=S)cc1. The lowest BCUT2D eigenvalue weighted by Gasteiger charge is -2.14. The van der Waals surface area contributed by atoms with Crippen molar-refractivity contribution in [3.63, 3.8) is 0 Å². The standard InChI is InChI=1S/C17H12FNOS2/c1-11-6-8-13(9-7-11)19-16(20)15(22-17(19)21)10-12-4-2-3-5-14(12)18/h2-10H,1H3/b15-10+. The molecule has 1 fully saturated rings. The predicted octanol–water partition coefficient (Wildman–Crippen LogP) is 4.54. The molecule has 3 rings (SSSR count). The van der Waals surface area contributed by atoms with Gasteiger partial charge in [0.15, 0.2) is 4.32 Å². The monoisotopic (exact) mass is 329 g/mol. The number of hydrogen-bond donors (Lipinski definition) is 0. The molecular weight excluding hydrogens is 317 g/mol. The van der Waals surface area contributed by atoms with Crippen LogP contribution in [0.5, 0.6) is 0 Å². The first kappa shape index (κ1) is 14.9. The Bertz CT molecular complexity index is 784. The number of thiocarbonyl (C=S) groups is 1. The molecule has 5 heteroatoms. The molecule has 0 bridgehead atoms. The van der Waals surface area contributed by atoms with Crippen molar-refractivity contribution >= 4 is 46.0 Å². The van der Waals surface area contributed by atoms with Crippen LogP contribution in [0.4, 0.5) is 10.1 Å². The quantitative estimate of drug-likeness (QED) is 0.596. The van der Waals surface area contributed by atoms with Crippen LogP contribution in [0, 0.1) is 12.7 Å². The number of benzene rings is 2. The highest BCUT2D eigenvalue weighted by atomic mass is 32.2. The molecule has 0 N–H and O–H groups in total. The van der Waals surface area contributed by atoms with E-state index in [0.29, 0.717) is 14.8 Å². The summed E-state index contributed by atoms with van der Waals surface area (Å²) in [6, 6.07) is 13.9. The second kappa shape index (κ2) is 6.02. The summed E-state index contributed by atoms with van der Waals surface area (Å²) in [4.78, 5) is 14.4. The zero-order chi connectivity index (χ0) is 15.7. The predicted molar refractivity (Wildman–Crippen MR) is 93.2 cm³/mol. The number of hydrogen-bond acceptors (Lipinski definition) is 3. The van der Waals surface area contributed by atoms with Gasteiger partial charge in [0.1, 0.15) is 5.82 Å². The molecule has 2 aromatic rings. The van der Waals surface area contributed by atoms with Gasteiger partial charge in [0.2, 0.25) is 0 Å². The number of thioether (sulfide) groups is 1. The summed E-state index contributed by atoms with van der Waals surface area (Å²) in [5, 5.41) is 0. The zero-order valence-corrected chi connectivity index (χ0v) is 13.4. The number of amides is 1. The average Bonchev–Trinajstić information content (AvgIpc) is 2.77. The van der Waals surface area contributed by atoms with E-state index in [2.05, 4.69) is 0 Å². The van der Waals surface area contributed by atoms with E-state index in [1.54, 1.807) is 24.3 Å². The highest BCUT2D eigenvalue weighted by Crippen LogP contribution is 2.36. The molecule has 0 spiro atoms. The van der Waals surface area contributed by atoms with E-state index < -0.39 is 0 Å². The molecule has 0 atom stereocenters. The second-order valence-corrected chi connectivity index (χ2v) is 6.55. The van der Waals surface area contributed by atoms with Gasteiger partial charge in [0.25, 0.3) is 5.91 Å². The number of rotatable bonds is 2. The maximum atomic E-state index is 13.7. The number of anilines is 1. The fraction of sp³-hybridized carbons (Fsp3) is 0.0588. The molecule has 0 radical (unpaired) electrons. The van der Waals surface area contributed by atoms with Crippen molar-refractivity contribution in [2.24, 2.45) is 0 Å². The van der Waals surface area contributed by atoms with Crippen LogP contribution in [0.2, 0.25) is 0 Å². The highest BCUT2D eigenvalue weighted by molar-refractivity contribution is 8.27. The van der Waals surface area contributed by atoms with Gasteiger partial charge in [-0.25, -0.2) is 4.39 Å². The Morgan fingerprint density at radius 3 is 2.50 bits per heavy atom. The Kier molecular flexibility index (Phi) is 4.09. The summed E-state index contributed by atoms with van der Waals surface area (Å²) in [5.41, 5.74) is 2.22. The van der Waals surface area contributed by atoms with E-state index in [0.717, 1.165) is 11.3 Å². The summed E-state index contributed by atoms with van der Waals surface area (Å²) < 4.78 is 14.2. The second-order valence-electron chi connectivity index (χ2n) is 4.87. The van der Waals surface area contributed by atoms with E-state index in [1.165, 1.54) is 22.7 Å². The molecule has 0 unspecified atom stereocenters. The Labute approximate surface area is 137 Å². The lowest BCUT2D eigenvalue weighted by molar-refractivity contribution is -0.113. The largest absolute Gasteiger partial charge is 0.270 e. The van der Waals surface area contributed by atoms with Crippen molar-refractivity contribution < 1.29 is 9.18 Å². The normalized spacial score (nSPS) is 16.6. The molecular formula is C17H12FNOS2. The van der Waals surface area contributed by atoms with Gasteiger partial charge >= 0.3 is 0 Å². The van der Waals surface area contributed by atoms with Crippen molar-refractivity contribution in [3.8, 4) is 0 Å². The molecule has 1 saturated heterocycles. The van der Waals surface area contributed by atoms with Gasteiger partial charge in [-0.1, -0.05) is 59.9 Å². The van der Waals surface area contributed by atoms with Crippen molar-refractivity contribution in [1.82, 2.24) is 0 Å². The zero-order valence-electron chi connectivity index (χ0n) is 11.7. The summed E-state index contributed by atoms with van der Waals surface area (Å²) in [6.07, 6.45) is 1.54. The lowest BCUT2D eigenvalue weighted by Crippen LogP contribution is -2.27. The third-order valence-electron chi connectivity index (χ3n) is 3.28. The third kappa shape index (κ3) is 2.82. The van der Waals surface area contributed by atoms with Gasteiger partial charge < -0.3 is 0 Å². The molecule has 1 heterocycles. The molecule has 0 aromatic heterocycles. The molecule has 1 aliphatic rings. The van der Waals surface area contributed by atoms with Gasteiger partial charge in [-0.15, -0.1) is 0 Å². The summed E-state index contributed by atoms with van der Waals surface area (Å²) >= 11 is 6.48. The lowest BCUT2D eigenvalue weighted by atomic mass is 10.2. The van der Waals surface area contributed by atoms with Crippen molar-refractivity contribution in [2.45, 2.75) is 6.92 Å². The Morgan fingerprint density at radius 1 is 1.14 bits per heavy atom. The average molecular weight is 329 g/mol. The van der Waals surface area contributed by atoms with Crippen LogP contribution in [-0.4, -0.2) is 10.2 Å². The van der Waals surface area contributed by atoms with Crippen LogP contribution in [0.15, 0.2) is 53.4 Å². The molecule has 22 heavy (non-hydrogen) atoms. The van der Waals surface area contributed by atoms with Crippen LogP contribution in [0.3, 0.4) is 0 Å². The van der Waals surface area contributed by atoms with E-state index in [9.17, 15) is 9.18 Å². The van der Waals surface area contributed by atoms with Crippen LogP contribution >= 0.6 is 24.0 Å². The number of nitrogens with zero attached hydrogens (tertiary/aromatic N) is 1. The summed E-state index contributed by atoms with van der Waals surface area (Å²) in [5.74, 6) is -0.579. The minimum atomic E-state index is -0.358. The summed E-state index contributed by atoms with van der Waals surface area (Å²) in [6.45, 7) is 1.98. The smallest absolute Gasteiger partial charge is 0.268 e. The highest BCUT2D eigenvalue weighted by Gasteiger charge is 2.33. The first-order valence-electron chi connectivity index (χ1n) is 6.65. The van der Waals surface area contributed by atoms with Crippen molar-refractivity contribution in [2.75, 3.05) is 4.90 Å². The van der Waals surface area contributed by atoms with E-state index in [-0.39, 0.29) is 11.7 Å². The molecule has 0 saturated carbocycles. The van der Waals surface area contributed by atoms with Crippen molar-refractivity contribution in [1.29, 1.82) is 0 Å². The Morgan fingerprint density at radius 2 is 1.82 bits per heavy atom. The van der Waals surface area contributed by atoms with Gasteiger partial charge in [0, 0.05) is 5.56 Å². The van der Waals surface area contributed by atoms with Crippen LogP contribution in [0.1, 0.15) is 11.1 Å². The molecule has 2 nitrogen and oxygen atoms in total. The van der Waals surface area contributed by atoms with Gasteiger partial charge in [-0.2, -0.15) is 0 Å². The Balaban J connectivity index is 1.95. The minimum absolute atomic E-state index is 0.220. The van der Waals surface area contributed by atoms with Crippen LogP contribution in [-0.2, 0) is 4.79 Å². The van der Waals surface area contributed by atoms with E-state index in [1.807, 2.05) is 31.2 Å². The van der Waals surface area contributed by atoms with Crippen LogP contribution < -0.4 is 4.90 Å². The van der Waals surface area contributed by atoms with Crippen molar-refractivity contribution in [3.05, 3.63) is 70.4 Å². The first-order valence-corrected chi connectivity index (χ1v) is 7.88. The molecule has 0 aliphatic carbocycles. The first-order chi connectivity index (χ1) is 10.6. The molecule has 1 amide bonds. The third-order valence-corrected chi connectivity index (χ3v) is 4.58. The van der Waals surface area contributed by atoms with Crippen LogP contribution in [0.25, 0.3) is 6.08 Å². The van der Waals surface area contributed by atoms with Gasteiger partial charge in [-0.3, -0.25) is 9.69 Å². The fourth-order valence-electron chi connectivity index (χ4n) is 2.12.